The van der Waals surface area contributed by atoms with Gasteiger partial charge in [0.1, 0.15) is 5.56 Å². The van der Waals surface area contributed by atoms with Crippen molar-refractivity contribution in [2.24, 2.45) is 5.73 Å². The molecule has 9 nitrogen and oxygen atoms in total. The highest BCUT2D eigenvalue weighted by Crippen LogP contribution is 2.18. The molecule has 2 aromatic heterocycles. The monoisotopic (exact) mass is 374 g/mol. The topological polar surface area (TPSA) is 123 Å². The van der Waals surface area contributed by atoms with Crippen LogP contribution in [0.5, 0.6) is 0 Å². The van der Waals surface area contributed by atoms with E-state index in [1.807, 2.05) is 27.7 Å². The first-order valence-electron chi connectivity index (χ1n) is 8.98. The largest absolute Gasteiger partial charge is 0.365 e. The lowest BCUT2D eigenvalue weighted by Crippen LogP contribution is -2.40. The number of rotatable bonds is 8. The van der Waals surface area contributed by atoms with Gasteiger partial charge in [-0.05, 0) is 39.7 Å². The number of carbonyl (C=O) groups is 3. The van der Waals surface area contributed by atoms with Crippen molar-refractivity contribution in [1.29, 1.82) is 0 Å². The Hall–Kier alpha value is -2.97. The molecule has 146 valence electrons. The summed E-state index contributed by atoms with van der Waals surface area (Å²) in [5.74, 6) is -0.881. The summed E-state index contributed by atoms with van der Waals surface area (Å²) in [7, 11) is 0. The van der Waals surface area contributed by atoms with Gasteiger partial charge in [0.25, 0.3) is 5.91 Å². The second-order valence-corrected chi connectivity index (χ2v) is 6.26. The molecule has 0 aliphatic heterocycles. The van der Waals surface area contributed by atoms with E-state index < -0.39 is 5.91 Å². The van der Waals surface area contributed by atoms with Crippen LogP contribution in [0.25, 0.3) is 5.65 Å². The number of aryl methyl sites for hydroxylation is 2. The number of nitrogens with two attached hydrogens (primary N) is 1. The van der Waals surface area contributed by atoms with Crippen molar-refractivity contribution in [3.63, 3.8) is 0 Å². The van der Waals surface area contributed by atoms with Gasteiger partial charge in [-0.1, -0.05) is 0 Å². The smallest absolute Gasteiger partial charge is 0.254 e. The van der Waals surface area contributed by atoms with Crippen molar-refractivity contribution >= 4 is 23.4 Å². The standard InChI is InChI=1S/C18H26N6O3/c1-5-23(6-2)16(26)10-20-15(25)8-7-13-11(3)22-18-14(17(19)27)9-21-24(18)12(13)4/h9H,5-8,10H2,1-4H3,(H2,19,27)(H,20,25). The Labute approximate surface area is 157 Å². The summed E-state index contributed by atoms with van der Waals surface area (Å²) < 4.78 is 1.56. The van der Waals surface area contributed by atoms with Gasteiger partial charge >= 0.3 is 0 Å². The van der Waals surface area contributed by atoms with Crippen molar-refractivity contribution in [1.82, 2.24) is 24.8 Å². The van der Waals surface area contributed by atoms with E-state index in [-0.39, 0.29) is 30.3 Å². The molecule has 9 heteroatoms. The molecule has 0 saturated carbocycles. The fraction of sp³-hybridized carbons (Fsp3) is 0.500. The van der Waals surface area contributed by atoms with Crippen LogP contribution in [0.2, 0.25) is 0 Å². The molecule has 2 rings (SSSR count). The van der Waals surface area contributed by atoms with Gasteiger partial charge in [0.05, 0.1) is 12.7 Å². The molecule has 3 N–H and O–H groups in total. The summed E-state index contributed by atoms with van der Waals surface area (Å²) in [5.41, 5.74) is 8.42. The summed E-state index contributed by atoms with van der Waals surface area (Å²) in [6.45, 7) is 8.71. The number of nitrogens with zero attached hydrogens (tertiary/aromatic N) is 4. The fourth-order valence-electron chi connectivity index (χ4n) is 3.04. The quantitative estimate of drug-likeness (QED) is 0.691. The summed E-state index contributed by atoms with van der Waals surface area (Å²) in [5, 5.41) is 6.83. The maximum absolute atomic E-state index is 12.1. The summed E-state index contributed by atoms with van der Waals surface area (Å²) in [6.07, 6.45) is 2.08. The summed E-state index contributed by atoms with van der Waals surface area (Å²) in [6, 6.07) is 0. The lowest BCUT2D eigenvalue weighted by atomic mass is 10.1. The molecule has 0 radical (unpaired) electrons. The number of nitrogens with one attached hydrogen (secondary N) is 1. The van der Waals surface area contributed by atoms with Gasteiger partial charge in [0.15, 0.2) is 5.65 Å². The Morgan fingerprint density at radius 3 is 2.48 bits per heavy atom. The molecule has 0 aromatic carbocycles. The van der Waals surface area contributed by atoms with Crippen LogP contribution in [-0.2, 0) is 16.0 Å². The normalized spacial score (nSPS) is 10.8. The Morgan fingerprint density at radius 2 is 1.89 bits per heavy atom. The Bertz CT molecular complexity index is 870. The van der Waals surface area contributed by atoms with E-state index in [4.69, 9.17) is 5.73 Å². The molecule has 0 aliphatic rings. The van der Waals surface area contributed by atoms with Crippen LogP contribution in [0.3, 0.4) is 0 Å². The SMILES string of the molecule is CCN(CC)C(=O)CNC(=O)CCc1c(C)nc2c(C(N)=O)cnn2c1C. The lowest BCUT2D eigenvalue weighted by molar-refractivity contribution is -0.132. The first-order chi connectivity index (χ1) is 12.8. The highest BCUT2D eigenvalue weighted by Gasteiger charge is 2.17. The molecule has 0 unspecified atom stereocenters. The average molecular weight is 374 g/mol. The minimum atomic E-state index is -0.582. The number of carbonyl (C=O) groups excluding carboxylic acids is 3. The Balaban J connectivity index is 2.05. The van der Waals surface area contributed by atoms with Crippen LogP contribution in [0.4, 0.5) is 0 Å². The third-order valence-electron chi connectivity index (χ3n) is 4.63. The van der Waals surface area contributed by atoms with Crippen molar-refractivity contribution in [2.75, 3.05) is 19.6 Å². The van der Waals surface area contributed by atoms with Crippen LogP contribution < -0.4 is 11.1 Å². The van der Waals surface area contributed by atoms with Gasteiger partial charge in [-0.2, -0.15) is 5.10 Å². The first-order valence-corrected chi connectivity index (χ1v) is 8.98. The Morgan fingerprint density at radius 1 is 1.22 bits per heavy atom. The number of amides is 3. The minimum absolute atomic E-state index is 0.00308. The molecule has 0 saturated heterocycles. The van der Waals surface area contributed by atoms with Gasteiger partial charge in [-0.25, -0.2) is 9.50 Å². The van der Waals surface area contributed by atoms with Crippen LogP contribution in [-0.4, -0.2) is 56.9 Å². The molecule has 2 heterocycles. The van der Waals surface area contributed by atoms with E-state index in [9.17, 15) is 14.4 Å². The van der Waals surface area contributed by atoms with E-state index in [0.29, 0.717) is 25.2 Å². The van der Waals surface area contributed by atoms with E-state index in [1.165, 1.54) is 6.20 Å². The molecule has 27 heavy (non-hydrogen) atoms. The van der Waals surface area contributed by atoms with Gasteiger partial charge in [0.2, 0.25) is 11.8 Å². The zero-order chi connectivity index (χ0) is 20.1. The number of hydrogen-bond donors (Lipinski definition) is 2. The van der Waals surface area contributed by atoms with Gasteiger partial charge < -0.3 is 16.0 Å². The number of aromatic nitrogens is 3. The first kappa shape index (κ1) is 20.3. The van der Waals surface area contributed by atoms with E-state index in [0.717, 1.165) is 17.0 Å². The van der Waals surface area contributed by atoms with Crippen LogP contribution in [0.1, 0.15) is 47.6 Å². The number of hydrogen-bond acceptors (Lipinski definition) is 5. The van der Waals surface area contributed by atoms with Crippen LogP contribution in [0, 0.1) is 13.8 Å². The predicted octanol–water partition coefficient (Wildman–Crippen LogP) is 0.362. The number of fused-ring (bicyclic) bond motifs is 1. The van der Waals surface area contributed by atoms with E-state index >= 15 is 0 Å². The lowest BCUT2D eigenvalue weighted by Gasteiger charge is -2.18. The van der Waals surface area contributed by atoms with Gasteiger partial charge in [-0.15, -0.1) is 0 Å². The highest BCUT2D eigenvalue weighted by molar-refractivity contribution is 5.98. The van der Waals surface area contributed by atoms with Crippen LogP contribution in [0.15, 0.2) is 6.20 Å². The molecular weight excluding hydrogens is 348 g/mol. The molecule has 3 amide bonds. The van der Waals surface area contributed by atoms with E-state index in [1.54, 1.807) is 9.42 Å². The van der Waals surface area contributed by atoms with Gasteiger partial charge in [0, 0.05) is 30.9 Å². The molecule has 0 bridgehead atoms. The highest BCUT2D eigenvalue weighted by atomic mass is 16.2. The number of likely N-dealkylation sites (N-methyl/N-ethyl adjacent to an activating group) is 1. The second-order valence-electron chi connectivity index (χ2n) is 6.26. The molecule has 0 spiro atoms. The summed E-state index contributed by atoms with van der Waals surface area (Å²) >= 11 is 0. The fourth-order valence-corrected chi connectivity index (χ4v) is 3.04. The maximum atomic E-state index is 12.1. The molecule has 2 aromatic rings. The van der Waals surface area contributed by atoms with Gasteiger partial charge in [-0.3, -0.25) is 14.4 Å². The van der Waals surface area contributed by atoms with Crippen molar-refractivity contribution < 1.29 is 14.4 Å². The summed E-state index contributed by atoms with van der Waals surface area (Å²) in [4.78, 5) is 41.6. The third kappa shape index (κ3) is 4.42. The molecule has 0 fully saturated rings. The number of primary amides is 1. The van der Waals surface area contributed by atoms with Crippen molar-refractivity contribution in [3.05, 3.63) is 28.7 Å². The minimum Gasteiger partial charge on any atom is -0.365 e. The Kier molecular flexibility index (Phi) is 6.49. The molecular formula is C18H26N6O3. The van der Waals surface area contributed by atoms with Crippen molar-refractivity contribution in [2.45, 2.75) is 40.5 Å². The average Bonchev–Trinajstić information content (AvgIpc) is 3.04. The van der Waals surface area contributed by atoms with Crippen LogP contribution >= 0.6 is 0 Å². The third-order valence-corrected chi connectivity index (χ3v) is 4.63. The predicted molar refractivity (Wildman–Crippen MR) is 100 cm³/mol. The van der Waals surface area contributed by atoms with Crippen molar-refractivity contribution in [3.8, 4) is 0 Å². The zero-order valence-electron chi connectivity index (χ0n) is 16.2. The maximum Gasteiger partial charge on any atom is 0.254 e. The molecule has 0 aliphatic carbocycles. The zero-order valence-corrected chi connectivity index (χ0v) is 16.2. The second kappa shape index (κ2) is 8.61. The molecule has 0 atom stereocenters. The van der Waals surface area contributed by atoms with E-state index in [2.05, 4.69) is 15.4 Å².